The number of nitrogens with zero attached hydrogens (tertiary/aromatic N) is 2. The molecular formula is C13H21N3O. The summed E-state index contributed by atoms with van der Waals surface area (Å²) in [6.45, 7) is 3.28. The molecule has 0 saturated carbocycles. The van der Waals surface area contributed by atoms with Crippen molar-refractivity contribution in [3.05, 3.63) is 24.0 Å². The summed E-state index contributed by atoms with van der Waals surface area (Å²) in [5, 5.41) is 9.30. The highest BCUT2D eigenvalue weighted by atomic mass is 16.3. The summed E-state index contributed by atoms with van der Waals surface area (Å²) in [7, 11) is 0. The zero-order valence-electron chi connectivity index (χ0n) is 10.3. The normalized spacial score (nSPS) is 21.8. The van der Waals surface area contributed by atoms with E-state index >= 15 is 0 Å². The van der Waals surface area contributed by atoms with Crippen LogP contribution in [0, 0.1) is 0 Å². The van der Waals surface area contributed by atoms with Crippen molar-refractivity contribution in [3.8, 4) is 0 Å². The molecule has 1 aliphatic heterocycles. The minimum Gasteiger partial charge on any atom is -0.394 e. The van der Waals surface area contributed by atoms with Crippen LogP contribution in [-0.4, -0.2) is 29.3 Å². The van der Waals surface area contributed by atoms with E-state index in [9.17, 15) is 5.11 Å². The Labute approximate surface area is 102 Å². The van der Waals surface area contributed by atoms with Crippen LogP contribution in [0.25, 0.3) is 0 Å². The third kappa shape index (κ3) is 2.58. The molecule has 0 radical (unpaired) electrons. The number of aromatic nitrogens is 1. The number of aliphatic hydroxyl groups is 1. The molecule has 1 unspecified atom stereocenters. The first-order chi connectivity index (χ1) is 8.26. The van der Waals surface area contributed by atoms with Crippen molar-refractivity contribution in [1.29, 1.82) is 0 Å². The molecule has 4 heteroatoms. The van der Waals surface area contributed by atoms with Crippen LogP contribution in [0.2, 0.25) is 0 Å². The predicted octanol–water partition coefficient (Wildman–Crippen LogP) is 1.45. The van der Waals surface area contributed by atoms with Crippen LogP contribution < -0.4 is 10.6 Å². The molecule has 1 aliphatic rings. The molecule has 0 amide bonds. The Kier molecular flexibility index (Phi) is 3.97. The highest BCUT2D eigenvalue weighted by Crippen LogP contribution is 2.25. The quantitative estimate of drug-likeness (QED) is 0.829. The molecule has 1 saturated heterocycles. The molecular weight excluding hydrogens is 214 g/mol. The monoisotopic (exact) mass is 235 g/mol. The van der Waals surface area contributed by atoms with Gasteiger partial charge in [-0.1, -0.05) is 6.92 Å². The Bertz CT molecular complexity index is 352. The summed E-state index contributed by atoms with van der Waals surface area (Å²) in [6, 6.07) is 4.33. The lowest BCUT2D eigenvalue weighted by atomic mass is 10.1. The van der Waals surface area contributed by atoms with Gasteiger partial charge in [-0.2, -0.15) is 0 Å². The van der Waals surface area contributed by atoms with Gasteiger partial charge < -0.3 is 15.7 Å². The molecule has 94 valence electrons. The maximum atomic E-state index is 9.30. The number of nitrogens with two attached hydrogens (primary N) is 1. The molecule has 0 aromatic carbocycles. The van der Waals surface area contributed by atoms with E-state index in [0.29, 0.717) is 0 Å². The van der Waals surface area contributed by atoms with E-state index in [1.807, 2.05) is 12.3 Å². The van der Waals surface area contributed by atoms with E-state index in [0.717, 1.165) is 37.2 Å². The molecule has 2 heterocycles. The minimum atomic E-state index is 0.0243. The fourth-order valence-corrected chi connectivity index (χ4v) is 2.36. The van der Waals surface area contributed by atoms with Crippen LogP contribution in [0.15, 0.2) is 18.3 Å². The molecule has 0 bridgehead atoms. The van der Waals surface area contributed by atoms with Crippen LogP contribution in [-0.2, 0) is 0 Å². The van der Waals surface area contributed by atoms with E-state index in [4.69, 9.17) is 5.73 Å². The largest absolute Gasteiger partial charge is 0.394 e. The Morgan fingerprint density at radius 1 is 1.59 bits per heavy atom. The number of hydrogen-bond acceptors (Lipinski definition) is 4. The lowest BCUT2D eigenvalue weighted by Gasteiger charge is -2.25. The van der Waals surface area contributed by atoms with Crippen LogP contribution in [0.3, 0.4) is 0 Å². The van der Waals surface area contributed by atoms with Gasteiger partial charge in [-0.3, -0.25) is 4.98 Å². The third-order valence-electron chi connectivity index (χ3n) is 3.51. The zero-order chi connectivity index (χ0) is 12.3. The number of rotatable bonds is 4. The Morgan fingerprint density at radius 2 is 2.41 bits per heavy atom. The van der Waals surface area contributed by atoms with E-state index in [1.165, 1.54) is 0 Å². The molecule has 2 rings (SSSR count). The SMILES string of the molecule is CC[C@@H](N)c1ccc(N2CCCC2CO)cn1. The fourth-order valence-electron chi connectivity index (χ4n) is 2.36. The smallest absolute Gasteiger partial charge is 0.0635 e. The van der Waals surface area contributed by atoms with Gasteiger partial charge in [0.05, 0.1) is 30.2 Å². The second-order valence-electron chi connectivity index (χ2n) is 4.63. The maximum Gasteiger partial charge on any atom is 0.0635 e. The van der Waals surface area contributed by atoms with Crippen molar-refractivity contribution in [2.45, 2.75) is 38.3 Å². The first-order valence-electron chi connectivity index (χ1n) is 6.35. The van der Waals surface area contributed by atoms with Gasteiger partial charge in [0, 0.05) is 12.6 Å². The van der Waals surface area contributed by atoms with Crippen molar-refractivity contribution in [2.75, 3.05) is 18.1 Å². The van der Waals surface area contributed by atoms with E-state index in [2.05, 4.69) is 22.9 Å². The molecule has 17 heavy (non-hydrogen) atoms. The second kappa shape index (κ2) is 5.47. The predicted molar refractivity (Wildman–Crippen MR) is 68.9 cm³/mol. The number of anilines is 1. The highest BCUT2D eigenvalue weighted by molar-refractivity contribution is 5.47. The van der Waals surface area contributed by atoms with Gasteiger partial charge in [0.1, 0.15) is 0 Å². The van der Waals surface area contributed by atoms with Crippen LogP contribution in [0.4, 0.5) is 5.69 Å². The summed E-state index contributed by atoms with van der Waals surface area (Å²) < 4.78 is 0. The number of aliphatic hydroxyl groups excluding tert-OH is 1. The molecule has 2 atom stereocenters. The van der Waals surface area contributed by atoms with Crippen LogP contribution in [0.5, 0.6) is 0 Å². The third-order valence-corrected chi connectivity index (χ3v) is 3.51. The van der Waals surface area contributed by atoms with Gasteiger partial charge in [-0.25, -0.2) is 0 Å². The first kappa shape index (κ1) is 12.3. The molecule has 1 aromatic rings. The molecule has 3 N–H and O–H groups in total. The molecule has 4 nitrogen and oxygen atoms in total. The summed E-state index contributed by atoms with van der Waals surface area (Å²) in [4.78, 5) is 6.64. The average molecular weight is 235 g/mol. The summed E-state index contributed by atoms with van der Waals surface area (Å²) in [5.41, 5.74) is 7.97. The summed E-state index contributed by atoms with van der Waals surface area (Å²) in [5.74, 6) is 0. The average Bonchev–Trinajstić information content (AvgIpc) is 2.86. The maximum absolute atomic E-state index is 9.30. The van der Waals surface area contributed by atoms with E-state index in [1.54, 1.807) is 0 Å². The highest BCUT2D eigenvalue weighted by Gasteiger charge is 2.24. The van der Waals surface area contributed by atoms with Crippen molar-refractivity contribution in [1.82, 2.24) is 4.98 Å². The van der Waals surface area contributed by atoms with Gasteiger partial charge in [-0.05, 0) is 31.4 Å². The van der Waals surface area contributed by atoms with Crippen molar-refractivity contribution in [3.63, 3.8) is 0 Å². The number of hydrogen-bond donors (Lipinski definition) is 2. The Morgan fingerprint density at radius 3 is 3.00 bits per heavy atom. The molecule has 0 aliphatic carbocycles. The Hall–Kier alpha value is -1.13. The van der Waals surface area contributed by atoms with Gasteiger partial charge in [0.2, 0.25) is 0 Å². The van der Waals surface area contributed by atoms with Crippen LogP contribution in [0.1, 0.15) is 37.9 Å². The van der Waals surface area contributed by atoms with Gasteiger partial charge in [-0.15, -0.1) is 0 Å². The minimum absolute atomic E-state index is 0.0243. The standard InChI is InChI=1S/C13H21N3O/c1-2-12(14)13-6-5-10(8-15-13)16-7-3-4-11(16)9-17/h5-6,8,11-12,17H,2-4,7,9,14H2,1H3/t11?,12-/m1/s1. The molecule has 1 aromatic heterocycles. The first-order valence-corrected chi connectivity index (χ1v) is 6.35. The summed E-state index contributed by atoms with van der Waals surface area (Å²) in [6.07, 6.45) is 4.97. The van der Waals surface area contributed by atoms with E-state index in [-0.39, 0.29) is 18.7 Å². The van der Waals surface area contributed by atoms with Crippen LogP contribution >= 0.6 is 0 Å². The number of pyridine rings is 1. The second-order valence-corrected chi connectivity index (χ2v) is 4.63. The molecule has 0 spiro atoms. The summed E-state index contributed by atoms with van der Waals surface area (Å²) >= 11 is 0. The van der Waals surface area contributed by atoms with Gasteiger partial charge >= 0.3 is 0 Å². The Balaban J connectivity index is 2.12. The van der Waals surface area contributed by atoms with Crippen molar-refractivity contribution >= 4 is 5.69 Å². The van der Waals surface area contributed by atoms with E-state index < -0.39 is 0 Å². The fraction of sp³-hybridized carbons (Fsp3) is 0.615. The van der Waals surface area contributed by atoms with Crippen molar-refractivity contribution < 1.29 is 5.11 Å². The van der Waals surface area contributed by atoms with Gasteiger partial charge in [0.25, 0.3) is 0 Å². The topological polar surface area (TPSA) is 62.4 Å². The lowest BCUT2D eigenvalue weighted by Crippen LogP contribution is -2.32. The zero-order valence-corrected chi connectivity index (χ0v) is 10.3. The molecule has 1 fully saturated rings. The van der Waals surface area contributed by atoms with Crippen molar-refractivity contribution in [2.24, 2.45) is 5.73 Å². The lowest BCUT2D eigenvalue weighted by molar-refractivity contribution is 0.266. The van der Waals surface area contributed by atoms with Gasteiger partial charge in [0.15, 0.2) is 0 Å².